The molecule has 2 heteroatoms. The number of anilines is 1. The summed E-state index contributed by atoms with van der Waals surface area (Å²) in [5, 5.41) is 2.05. The Bertz CT molecular complexity index is 220. The van der Waals surface area contributed by atoms with Gasteiger partial charge in [0.2, 0.25) is 0 Å². The van der Waals surface area contributed by atoms with Crippen molar-refractivity contribution in [3.8, 4) is 0 Å². The van der Waals surface area contributed by atoms with Crippen LogP contribution in [0.5, 0.6) is 0 Å². The van der Waals surface area contributed by atoms with Crippen molar-refractivity contribution in [3.05, 3.63) is 29.8 Å². The molecule has 0 saturated heterocycles. The van der Waals surface area contributed by atoms with E-state index in [1.54, 1.807) is 0 Å². The highest BCUT2D eigenvalue weighted by atomic mass is 15.5. The van der Waals surface area contributed by atoms with Gasteiger partial charge in [-0.1, -0.05) is 6.07 Å². The second kappa shape index (κ2) is 1.99. The third-order valence-corrected chi connectivity index (χ3v) is 1.67. The van der Waals surface area contributed by atoms with E-state index in [1.807, 2.05) is 25.2 Å². The van der Waals surface area contributed by atoms with Gasteiger partial charge in [-0.25, -0.2) is 5.01 Å². The predicted molar refractivity (Wildman–Crippen MR) is 40.4 cm³/mol. The highest BCUT2D eigenvalue weighted by Crippen LogP contribution is 2.22. The van der Waals surface area contributed by atoms with Crippen molar-refractivity contribution in [1.82, 2.24) is 5.01 Å². The number of hydrogen-bond donors (Lipinski definition) is 1. The fourth-order valence-corrected chi connectivity index (χ4v) is 1.21. The normalized spacial score (nSPS) is 16.5. The highest BCUT2D eigenvalue weighted by molar-refractivity contribution is 5.52. The molecule has 2 rings (SSSR count). The van der Waals surface area contributed by atoms with Crippen molar-refractivity contribution in [3.63, 3.8) is 0 Å². The van der Waals surface area contributed by atoms with Gasteiger partial charge in [0, 0.05) is 13.6 Å². The molecule has 10 heavy (non-hydrogen) atoms. The van der Waals surface area contributed by atoms with Gasteiger partial charge in [0.15, 0.2) is 0 Å². The number of hydrazine groups is 1. The molecule has 1 aromatic rings. The molecule has 1 aliphatic heterocycles. The molecule has 0 atom stereocenters. The molecule has 1 aromatic carbocycles. The fraction of sp³-hybridized carbons (Fsp3) is 0.250. The summed E-state index contributed by atoms with van der Waals surface area (Å²) in [6.07, 6.45) is 0. The molecule has 2 nitrogen and oxygen atoms in total. The van der Waals surface area contributed by atoms with E-state index in [0.29, 0.717) is 0 Å². The molecule has 0 aliphatic carbocycles. The Hall–Kier alpha value is -1.02. The zero-order valence-electron chi connectivity index (χ0n) is 5.89. The number of hydrogen-bond acceptors (Lipinski definition) is 2. The van der Waals surface area contributed by atoms with Gasteiger partial charge in [0.05, 0.1) is 5.69 Å². The molecule has 0 saturated carbocycles. The minimum atomic E-state index is 0.979. The molecule has 1 aliphatic rings. The van der Waals surface area contributed by atoms with Crippen molar-refractivity contribution in [2.45, 2.75) is 6.54 Å². The summed E-state index contributed by atoms with van der Waals surface area (Å²) in [5.41, 5.74) is 5.74. The van der Waals surface area contributed by atoms with Gasteiger partial charge in [0.1, 0.15) is 0 Å². The van der Waals surface area contributed by atoms with Crippen LogP contribution in [0.3, 0.4) is 0 Å². The summed E-state index contributed by atoms with van der Waals surface area (Å²) < 4.78 is 0. The number of fused-ring (bicyclic) bond motifs is 1. The summed E-state index contributed by atoms with van der Waals surface area (Å²) in [6.45, 7) is 0.979. The SMILES string of the molecule is CN1Cc2c[c]ccc2N1. The van der Waals surface area contributed by atoms with E-state index < -0.39 is 0 Å². The third kappa shape index (κ3) is 0.772. The molecule has 0 bridgehead atoms. The van der Waals surface area contributed by atoms with E-state index in [4.69, 9.17) is 0 Å². The first-order valence-corrected chi connectivity index (χ1v) is 3.33. The van der Waals surface area contributed by atoms with Crippen molar-refractivity contribution >= 4 is 5.69 Å². The zero-order valence-corrected chi connectivity index (χ0v) is 5.89. The molecule has 1 N–H and O–H groups in total. The summed E-state index contributed by atoms with van der Waals surface area (Å²) >= 11 is 0. The second-order valence-corrected chi connectivity index (χ2v) is 2.55. The maximum Gasteiger partial charge on any atom is 0.0536 e. The topological polar surface area (TPSA) is 15.3 Å². The monoisotopic (exact) mass is 133 g/mol. The minimum Gasteiger partial charge on any atom is -0.318 e. The summed E-state index contributed by atoms with van der Waals surface area (Å²) in [5.74, 6) is 0. The zero-order chi connectivity index (χ0) is 6.97. The molecule has 0 aromatic heterocycles. The quantitative estimate of drug-likeness (QED) is 0.573. The lowest BCUT2D eigenvalue weighted by molar-refractivity contribution is 0.422. The van der Waals surface area contributed by atoms with Gasteiger partial charge in [-0.15, -0.1) is 0 Å². The molecule has 1 heterocycles. The van der Waals surface area contributed by atoms with Crippen molar-refractivity contribution in [2.24, 2.45) is 0 Å². The Labute approximate surface area is 60.4 Å². The molecule has 0 spiro atoms. The maximum atomic E-state index is 3.21. The standard InChI is InChI=1S/C8H9N2/c1-10-6-7-4-2-3-5-8(7)9-10/h3-5,9H,6H2,1H3. The lowest BCUT2D eigenvalue weighted by atomic mass is 10.2. The second-order valence-electron chi connectivity index (χ2n) is 2.55. The van der Waals surface area contributed by atoms with E-state index in [1.165, 1.54) is 11.3 Å². The van der Waals surface area contributed by atoms with Crippen LogP contribution in [0.25, 0.3) is 0 Å². The largest absolute Gasteiger partial charge is 0.318 e. The Kier molecular flexibility index (Phi) is 1.14. The molecule has 1 radical (unpaired) electrons. The first-order valence-electron chi connectivity index (χ1n) is 3.33. The molecular formula is C8H9N2. The van der Waals surface area contributed by atoms with Crippen LogP contribution in [-0.2, 0) is 6.54 Å². The van der Waals surface area contributed by atoms with Gasteiger partial charge in [-0.05, 0) is 23.8 Å². The first kappa shape index (κ1) is 5.74. The van der Waals surface area contributed by atoms with Gasteiger partial charge in [0.25, 0.3) is 0 Å². The Balaban J connectivity index is 2.42. The third-order valence-electron chi connectivity index (χ3n) is 1.67. The van der Waals surface area contributed by atoms with Crippen LogP contribution in [0.2, 0.25) is 0 Å². The maximum absolute atomic E-state index is 3.21. The summed E-state index contributed by atoms with van der Waals surface area (Å²) in [4.78, 5) is 0. The van der Waals surface area contributed by atoms with Crippen LogP contribution in [0.4, 0.5) is 5.69 Å². The summed E-state index contributed by atoms with van der Waals surface area (Å²) in [7, 11) is 2.03. The Morgan fingerprint density at radius 2 is 2.60 bits per heavy atom. The predicted octanol–water partition coefficient (Wildman–Crippen LogP) is 1.26. The van der Waals surface area contributed by atoms with E-state index >= 15 is 0 Å². The highest BCUT2D eigenvalue weighted by Gasteiger charge is 2.12. The van der Waals surface area contributed by atoms with E-state index in [0.717, 1.165) is 6.54 Å². The van der Waals surface area contributed by atoms with Crippen LogP contribution in [0, 0.1) is 6.07 Å². The van der Waals surface area contributed by atoms with Gasteiger partial charge >= 0.3 is 0 Å². The number of nitrogens with one attached hydrogen (secondary N) is 1. The lowest BCUT2D eigenvalue weighted by Gasteiger charge is -2.06. The lowest BCUT2D eigenvalue weighted by Crippen LogP contribution is -2.16. The average molecular weight is 133 g/mol. The van der Waals surface area contributed by atoms with Gasteiger partial charge in [-0.3, -0.25) is 0 Å². The average Bonchev–Trinajstić information content (AvgIpc) is 2.27. The van der Waals surface area contributed by atoms with E-state index in [-0.39, 0.29) is 0 Å². The molecule has 0 amide bonds. The first-order chi connectivity index (χ1) is 4.86. The fourth-order valence-electron chi connectivity index (χ4n) is 1.21. The van der Waals surface area contributed by atoms with Crippen LogP contribution in [0.1, 0.15) is 5.56 Å². The van der Waals surface area contributed by atoms with Crippen molar-refractivity contribution in [1.29, 1.82) is 0 Å². The van der Waals surface area contributed by atoms with E-state index in [2.05, 4.69) is 16.5 Å². The minimum absolute atomic E-state index is 0.979. The molecular weight excluding hydrogens is 124 g/mol. The van der Waals surface area contributed by atoms with Crippen LogP contribution in [-0.4, -0.2) is 12.1 Å². The summed E-state index contributed by atoms with van der Waals surface area (Å²) in [6, 6.07) is 9.03. The van der Waals surface area contributed by atoms with Gasteiger partial charge in [-0.2, -0.15) is 0 Å². The smallest absolute Gasteiger partial charge is 0.0536 e. The Morgan fingerprint density at radius 1 is 1.70 bits per heavy atom. The molecule has 0 unspecified atom stereocenters. The Morgan fingerprint density at radius 3 is 3.40 bits per heavy atom. The number of nitrogens with zero attached hydrogens (tertiary/aromatic N) is 1. The molecule has 51 valence electrons. The number of benzene rings is 1. The van der Waals surface area contributed by atoms with Gasteiger partial charge < -0.3 is 5.43 Å². The van der Waals surface area contributed by atoms with E-state index in [9.17, 15) is 0 Å². The van der Waals surface area contributed by atoms with Crippen LogP contribution < -0.4 is 5.43 Å². The van der Waals surface area contributed by atoms with Crippen molar-refractivity contribution in [2.75, 3.05) is 12.5 Å². The van der Waals surface area contributed by atoms with Crippen molar-refractivity contribution < 1.29 is 0 Å². The number of rotatable bonds is 0. The van der Waals surface area contributed by atoms with Crippen LogP contribution in [0.15, 0.2) is 18.2 Å². The van der Waals surface area contributed by atoms with Crippen LogP contribution >= 0.6 is 0 Å². The molecule has 0 fully saturated rings.